The van der Waals surface area contributed by atoms with E-state index in [0.717, 1.165) is 70.2 Å². The fourth-order valence-corrected chi connectivity index (χ4v) is 6.76. The van der Waals surface area contributed by atoms with Crippen LogP contribution in [0.5, 0.6) is 0 Å². The molecule has 4 aliphatic rings. The second-order valence-electron chi connectivity index (χ2n) is 11.0. The fraction of sp³-hybridized carbons (Fsp3) is 0.815. The van der Waals surface area contributed by atoms with Gasteiger partial charge in [0.15, 0.2) is 0 Å². The van der Waals surface area contributed by atoms with Crippen LogP contribution in [0.25, 0.3) is 0 Å². The van der Waals surface area contributed by atoms with Crippen molar-refractivity contribution in [3.05, 3.63) is 12.3 Å². The Hall–Kier alpha value is -1.93. The molecule has 1 aromatic heterocycles. The summed E-state index contributed by atoms with van der Waals surface area (Å²) in [5.74, 6) is 2.23. The topological polar surface area (TPSA) is 85.4 Å². The fourth-order valence-electron chi connectivity index (χ4n) is 6.76. The lowest BCUT2D eigenvalue weighted by Gasteiger charge is -2.47. The first-order valence-electron chi connectivity index (χ1n) is 14.4. The first-order chi connectivity index (χ1) is 17.3. The molecule has 1 amide bonds. The molecular weight excluding hydrogens is 438 g/mol. The van der Waals surface area contributed by atoms with Crippen molar-refractivity contribution in [2.75, 3.05) is 49.5 Å². The first-order valence-corrected chi connectivity index (χ1v) is 14.4. The van der Waals surface area contributed by atoms with Gasteiger partial charge in [0.25, 0.3) is 0 Å². The number of likely N-dealkylation sites (tertiary alicyclic amines) is 1. The second kappa shape index (κ2) is 12.3. The van der Waals surface area contributed by atoms with Crippen LogP contribution in [-0.4, -0.2) is 78.2 Å². The van der Waals surface area contributed by atoms with Crippen LogP contribution in [0.1, 0.15) is 77.0 Å². The number of hydrogen-bond acceptors (Lipinski definition) is 7. The largest absolute Gasteiger partial charge is 0.356 e. The summed E-state index contributed by atoms with van der Waals surface area (Å²) in [6.45, 7) is 6.02. The van der Waals surface area contributed by atoms with E-state index in [0.29, 0.717) is 18.1 Å². The molecule has 3 aliphatic heterocycles. The Morgan fingerprint density at radius 2 is 1.77 bits per heavy atom. The predicted molar refractivity (Wildman–Crippen MR) is 141 cm³/mol. The van der Waals surface area contributed by atoms with Gasteiger partial charge in [-0.3, -0.25) is 9.69 Å². The van der Waals surface area contributed by atoms with E-state index in [-0.39, 0.29) is 11.8 Å². The average Bonchev–Trinajstić information content (AvgIpc) is 3.46. The Balaban J connectivity index is 1.25. The van der Waals surface area contributed by atoms with E-state index < -0.39 is 0 Å². The predicted octanol–water partition coefficient (Wildman–Crippen LogP) is 3.16. The van der Waals surface area contributed by atoms with Gasteiger partial charge in [-0.25, -0.2) is 4.98 Å². The molecule has 1 aromatic rings. The number of amides is 1. The van der Waals surface area contributed by atoms with Crippen LogP contribution in [0.4, 0.5) is 11.8 Å². The highest BCUT2D eigenvalue weighted by atomic mass is 16.1. The van der Waals surface area contributed by atoms with Crippen LogP contribution in [0.2, 0.25) is 0 Å². The minimum atomic E-state index is 0.174. The Kier molecular flexibility index (Phi) is 8.73. The summed E-state index contributed by atoms with van der Waals surface area (Å²) in [5.41, 5.74) is 0. The van der Waals surface area contributed by atoms with E-state index in [9.17, 15) is 4.79 Å². The maximum absolute atomic E-state index is 12.8. The summed E-state index contributed by atoms with van der Waals surface area (Å²) >= 11 is 0. The zero-order valence-corrected chi connectivity index (χ0v) is 21.4. The van der Waals surface area contributed by atoms with Crippen molar-refractivity contribution in [1.82, 2.24) is 25.5 Å². The van der Waals surface area contributed by atoms with E-state index in [2.05, 4.69) is 30.7 Å². The van der Waals surface area contributed by atoms with Gasteiger partial charge in [0.05, 0.1) is 0 Å². The van der Waals surface area contributed by atoms with Gasteiger partial charge >= 0.3 is 0 Å². The molecule has 8 nitrogen and oxygen atoms in total. The van der Waals surface area contributed by atoms with Gasteiger partial charge in [-0.15, -0.1) is 0 Å². The average molecular weight is 484 g/mol. The Labute approximate surface area is 211 Å². The third-order valence-electron chi connectivity index (χ3n) is 8.70. The van der Waals surface area contributed by atoms with Crippen molar-refractivity contribution in [2.45, 2.75) is 95.2 Å². The zero-order valence-electron chi connectivity index (χ0n) is 21.4. The van der Waals surface area contributed by atoms with Crippen molar-refractivity contribution in [2.24, 2.45) is 5.92 Å². The minimum Gasteiger partial charge on any atom is -0.356 e. The number of anilines is 2. The van der Waals surface area contributed by atoms with Gasteiger partial charge in [0, 0.05) is 49.9 Å². The van der Waals surface area contributed by atoms with Crippen molar-refractivity contribution < 1.29 is 4.79 Å². The van der Waals surface area contributed by atoms with Crippen molar-refractivity contribution in [3.8, 4) is 0 Å². The van der Waals surface area contributed by atoms with Gasteiger partial charge in [0.2, 0.25) is 11.9 Å². The molecule has 0 radical (unpaired) electrons. The number of hydrogen-bond donors (Lipinski definition) is 3. The maximum atomic E-state index is 12.8. The summed E-state index contributed by atoms with van der Waals surface area (Å²) in [6.07, 6.45) is 16.3. The van der Waals surface area contributed by atoms with Crippen molar-refractivity contribution in [1.29, 1.82) is 0 Å². The third kappa shape index (κ3) is 6.45. The van der Waals surface area contributed by atoms with Gasteiger partial charge in [0.1, 0.15) is 5.82 Å². The molecule has 0 bridgehead atoms. The molecule has 2 atom stereocenters. The molecule has 5 rings (SSSR count). The lowest BCUT2D eigenvalue weighted by molar-refractivity contribution is -0.125. The summed E-state index contributed by atoms with van der Waals surface area (Å²) in [5, 5.41) is 10.4. The molecule has 0 spiro atoms. The summed E-state index contributed by atoms with van der Waals surface area (Å²) < 4.78 is 0. The standard InChI is InChI=1S/C27H45N7O/c35-26(21-10-14-28-15-11-21)29-16-12-24-23(9-6-20-34(24)22-7-2-1-3-8-22)31-27-30-17-13-25(32-27)33-18-4-5-19-33/h13,17,21-24,28H,1-12,14-16,18-20H2,(H,29,35)(H,30,31,32). The lowest BCUT2D eigenvalue weighted by Crippen LogP contribution is -2.56. The molecule has 8 heteroatoms. The minimum absolute atomic E-state index is 0.174. The quantitative estimate of drug-likeness (QED) is 0.524. The maximum Gasteiger partial charge on any atom is 0.224 e. The molecule has 1 saturated carbocycles. The van der Waals surface area contributed by atoms with Gasteiger partial charge in [-0.05, 0) is 83.5 Å². The van der Waals surface area contributed by atoms with E-state index in [1.54, 1.807) is 0 Å². The highest BCUT2D eigenvalue weighted by Crippen LogP contribution is 2.31. The molecule has 4 heterocycles. The summed E-state index contributed by atoms with van der Waals surface area (Å²) in [6, 6.07) is 3.43. The molecule has 0 aromatic carbocycles. The smallest absolute Gasteiger partial charge is 0.224 e. The Morgan fingerprint density at radius 3 is 2.57 bits per heavy atom. The molecule has 35 heavy (non-hydrogen) atoms. The Bertz CT molecular complexity index is 802. The highest BCUT2D eigenvalue weighted by molar-refractivity contribution is 5.78. The SMILES string of the molecule is O=C(NCCC1C(Nc2nccc(N3CCCC3)n2)CCCN1C1CCCCC1)C1CCNCC1. The van der Waals surface area contributed by atoms with Crippen molar-refractivity contribution in [3.63, 3.8) is 0 Å². The van der Waals surface area contributed by atoms with Crippen LogP contribution in [0, 0.1) is 5.92 Å². The molecule has 3 saturated heterocycles. The van der Waals surface area contributed by atoms with E-state index in [1.807, 2.05) is 12.3 Å². The number of nitrogens with zero attached hydrogens (tertiary/aromatic N) is 4. The number of nitrogens with one attached hydrogen (secondary N) is 3. The molecule has 3 N–H and O–H groups in total. The van der Waals surface area contributed by atoms with Crippen LogP contribution in [-0.2, 0) is 4.79 Å². The lowest BCUT2D eigenvalue weighted by atomic mass is 9.87. The second-order valence-corrected chi connectivity index (χ2v) is 11.0. The monoisotopic (exact) mass is 483 g/mol. The van der Waals surface area contributed by atoms with Crippen molar-refractivity contribution >= 4 is 17.7 Å². The molecule has 1 aliphatic carbocycles. The van der Waals surface area contributed by atoms with Crippen LogP contribution < -0.4 is 20.9 Å². The van der Waals surface area contributed by atoms with E-state index in [1.165, 1.54) is 57.9 Å². The Morgan fingerprint density at radius 1 is 0.971 bits per heavy atom. The van der Waals surface area contributed by atoms with Gasteiger partial charge in [-0.1, -0.05) is 19.3 Å². The van der Waals surface area contributed by atoms with E-state index >= 15 is 0 Å². The number of aromatic nitrogens is 2. The normalized spacial score (nSPS) is 27.1. The zero-order chi connectivity index (χ0) is 23.9. The van der Waals surface area contributed by atoms with Crippen LogP contribution in [0.3, 0.4) is 0 Å². The summed E-state index contributed by atoms with van der Waals surface area (Å²) in [7, 11) is 0. The number of carbonyl (C=O) groups is 1. The molecular formula is C27H45N7O. The van der Waals surface area contributed by atoms with Gasteiger partial charge in [-0.2, -0.15) is 4.98 Å². The molecule has 4 fully saturated rings. The first kappa shape index (κ1) is 24.8. The van der Waals surface area contributed by atoms with Crippen LogP contribution >= 0.6 is 0 Å². The van der Waals surface area contributed by atoms with E-state index in [4.69, 9.17) is 4.98 Å². The van der Waals surface area contributed by atoms with Crippen LogP contribution in [0.15, 0.2) is 12.3 Å². The summed E-state index contributed by atoms with van der Waals surface area (Å²) in [4.78, 5) is 27.4. The third-order valence-corrected chi connectivity index (χ3v) is 8.70. The molecule has 194 valence electrons. The number of carbonyl (C=O) groups excluding carboxylic acids is 1. The number of rotatable bonds is 8. The van der Waals surface area contributed by atoms with Gasteiger partial charge < -0.3 is 20.9 Å². The number of piperidine rings is 2. The molecule has 2 unspecified atom stereocenters. The highest BCUT2D eigenvalue weighted by Gasteiger charge is 2.36.